The van der Waals surface area contributed by atoms with E-state index in [0.29, 0.717) is 0 Å². The van der Waals surface area contributed by atoms with E-state index in [-0.39, 0.29) is 17.1 Å². The molecule has 0 atom stereocenters. The molecule has 2 rings (SSSR count). The van der Waals surface area contributed by atoms with Gasteiger partial charge < -0.3 is 10.3 Å². The third-order valence-electron chi connectivity index (χ3n) is 2.45. The molecule has 0 spiro atoms. The average molecular weight is 251 g/mol. The molecule has 0 saturated heterocycles. The van der Waals surface area contributed by atoms with Crippen LogP contribution in [0.3, 0.4) is 0 Å². The molecule has 0 aliphatic carbocycles. The minimum atomic E-state index is -4.53. The summed E-state index contributed by atoms with van der Waals surface area (Å²) in [5, 5.41) is 8.84. The van der Waals surface area contributed by atoms with Crippen molar-refractivity contribution in [1.29, 1.82) is 5.26 Å². The molecule has 2 aromatic rings. The van der Waals surface area contributed by atoms with Gasteiger partial charge in [0, 0.05) is 11.9 Å². The summed E-state index contributed by atoms with van der Waals surface area (Å²) in [6.07, 6.45) is -3.12. The standard InChI is InChI=1S/C12H8F3N3/c13-12(14,15)10-6-8(17)3-4-11(10)18-5-1-2-9(18)7-16/h1-6H,17H2. The molecule has 0 saturated carbocycles. The van der Waals surface area contributed by atoms with Gasteiger partial charge in [0.2, 0.25) is 0 Å². The predicted molar refractivity (Wildman–Crippen MR) is 59.9 cm³/mol. The van der Waals surface area contributed by atoms with Crippen LogP contribution in [0.4, 0.5) is 18.9 Å². The fourth-order valence-electron chi connectivity index (χ4n) is 1.67. The Hall–Kier alpha value is -2.42. The van der Waals surface area contributed by atoms with Crippen molar-refractivity contribution in [2.75, 3.05) is 5.73 Å². The van der Waals surface area contributed by atoms with Crippen LogP contribution in [-0.4, -0.2) is 4.57 Å². The number of nitriles is 1. The number of hydrogen-bond acceptors (Lipinski definition) is 2. The summed E-state index contributed by atoms with van der Waals surface area (Å²) in [4.78, 5) is 0. The maximum atomic E-state index is 12.9. The summed E-state index contributed by atoms with van der Waals surface area (Å²) in [7, 11) is 0. The minimum absolute atomic E-state index is 0.0248. The fraction of sp³-hybridized carbons (Fsp3) is 0.0833. The molecule has 0 amide bonds. The van der Waals surface area contributed by atoms with Crippen molar-refractivity contribution >= 4 is 5.69 Å². The van der Waals surface area contributed by atoms with Crippen LogP contribution in [-0.2, 0) is 6.18 Å². The third kappa shape index (κ3) is 2.02. The predicted octanol–water partition coefficient (Wildman–Crippen LogP) is 2.95. The quantitative estimate of drug-likeness (QED) is 0.792. The minimum Gasteiger partial charge on any atom is -0.399 e. The Labute approximate surface area is 101 Å². The number of halogens is 3. The molecular formula is C12H8F3N3. The topological polar surface area (TPSA) is 54.7 Å². The first-order valence-electron chi connectivity index (χ1n) is 4.98. The Kier molecular flexibility index (Phi) is 2.75. The van der Waals surface area contributed by atoms with Gasteiger partial charge >= 0.3 is 6.18 Å². The van der Waals surface area contributed by atoms with Gasteiger partial charge in [0.05, 0.1) is 11.3 Å². The summed E-state index contributed by atoms with van der Waals surface area (Å²) < 4.78 is 39.9. The number of rotatable bonds is 1. The Morgan fingerprint density at radius 3 is 2.56 bits per heavy atom. The van der Waals surface area contributed by atoms with E-state index in [4.69, 9.17) is 11.0 Å². The van der Waals surface area contributed by atoms with Crippen molar-refractivity contribution in [3.63, 3.8) is 0 Å². The SMILES string of the molecule is N#Cc1cccn1-c1ccc(N)cc1C(F)(F)F. The number of benzene rings is 1. The Bertz CT molecular complexity index is 620. The van der Waals surface area contributed by atoms with E-state index in [1.807, 2.05) is 6.07 Å². The third-order valence-corrected chi connectivity index (χ3v) is 2.45. The van der Waals surface area contributed by atoms with Crippen molar-refractivity contribution < 1.29 is 13.2 Å². The molecule has 0 unspecified atom stereocenters. The van der Waals surface area contributed by atoms with Crippen molar-refractivity contribution in [2.24, 2.45) is 0 Å². The first kappa shape index (κ1) is 12.0. The highest BCUT2D eigenvalue weighted by Crippen LogP contribution is 2.35. The number of alkyl halides is 3. The van der Waals surface area contributed by atoms with Crippen LogP contribution >= 0.6 is 0 Å². The second-order valence-corrected chi connectivity index (χ2v) is 3.65. The highest BCUT2D eigenvalue weighted by molar-refractivity contribution is 5.54. The fourth-order valence-corrected chi connectivity index (χ4v) is 1.67. The van der Waals surface area contributed by atoms with Crippen LogP contribution in [0.15, 0.2) is 36.5 Å². The maximum absolute atomic E-state index is 12.9. The van der Waals surface area contributed by atoms with Gasteiger partial charge in [-0.15, -0.1) is 0 Å². The van der Waals surface area contributed by atoms with Crippen molar-refractivity contribution in [1.82, 2.24) is 4.57 Å². The van der Waals surface area contributed by atoms with Crippen LogP contribution in [0.2, 0.25) is 0 Å². The average Bonchev–Trinajstić information content (AvgIpc) is 2.75. The second kappa shape index (κ2) is 4.11. The van der Waals surface area contributed by atoms with Crippen molar-refractivity contribution in [3.8, 4) is 11.8 Å². The second-order valence-electron chi connectivity index (χ2n) is 3.65. The van der Waals surface area contributed by atoms with Crippen LogP contribution in [0.25, 0.3) is 5.69 Å². The number of aromatic nitrogens is 1. The molecule has 0 fully saturated rings. The van der Waals surface area contributed by atoms with E-state index in [1.54, 1.807) is 0 Å². The van der Waals surface area contributed by atoms with E-state index in [0.717, 1.165) is 6.07 Å². The van der Waals surface area contributed by atoms with Gasteiger partial charge in [-0.25, -0.2) is 0 Å². The van der Waals surface area contributed by atoms with Gasteiger partial charge in [0.15, 0.2) is 0 Å². The zero-order valence-electron chi connectivity index (χ0n) is 9.07. The lowest BCUT2D eigenvalue weighted by Gasteiger charge is -2.15. The first-order valence-corrected chi connectivity index (χ1v) is 4.98. The number of nitrogen functional groups attached to an aromatic ring is 1. The van der Waals surface area contributed by atoms with Gasteiger partial charge in [-0.2, -0.15) is 18.4 Å². The molecule has 6 heteroatoms. The van der Waals surface area contributed by atoms with E-state index < -0.39 is 11.7 Å². The lowest BCUT2D eigenvalue weighted by Crippen LogP contribution is -2.11. The monoisotopic (exact) mass is 251 g/mol. The molecule has 18 heavy (non-hydrogen) atoms. The summed E-state index contributed by atoms with van der Waals surface area (Å²) >= 11 is 0. The van der Waals surface area contributed by atoms with Gasteiger partial charge in [0.25, 0.3) is 0 Å². The zero-order chi connectivity index (χ0) is 13.3. The molecule has 1 heterocycles. The molecule has 92 valence electrons. The van der Waals surface area contributed by atoms with Crippen LogP contribution in [0.5, 0.6) is 0 Å². The molecule has 0 bridgehead atoms. The summed E-state index contributed by atoms with van der Waals surface area (Å²) in [5.41, 5.74) is 4.55. The van der Waals surface area contributed by atoms with E-state index >= 15 is 0 Å². The molecule has 1 aromatic carbocycles. The highest BCUT2D eigenvalue weighted by Gasteiger charge is 2.34. The summed E-state index contributed by atoms with van der Waals surface area (Å²) in [5.74, 6) is 0. The van der Waals surface area contributed by atoms with Crippen LogP contribution in [0.1, 0.15) is 11.3 Å². The van der Waals surface area contributed by atoms with Crippen LogP contribution < -0.4 is 5.73 Å². The zero-order valence-corrected chi connectivity index (χ0v) is 9.07. The van der Waals surface area contributed by atoms with E-state index in [9.17, 15) is 13.2 Å². The molecule has 0 aliphatic heterocycles. The van der Waals surface area contributed by atoms with Crippen molar-refractivity contribution in [2.45, 2.75) is 6.18 Å². The Morgan fingerprint density at radius 2 is 1.94 bits per heavy atom. The number of anilines is 1. The Balaban J connectivity index is 2.69. The Morgan fingerprint density at radius 1 is 1.22 bits per heavy atom. The molecule has 0 radical (unpaired) electrons. The molecular weight excluding hydrogens is 243 g/mol. The van der Waals surface area contributed by atoms with Crippen molar-refractivity contribution in [3.05, 3.63) is 47.8 Å². The normalized spacial score (nSPS) is 11.2. The van der Waals surface area contributed by atoms with Gasteiger partial charge in [-0.1, -0.05) is 0 Å². The smallest absolute Gasteiger partial charge is 0.399 e. The lowest BCUT2D eigenvalue weighted by atomic mass is 10.1. The highest BCUT2D eigenvalue weighted by atomic mass is 19.4. The number of nitrogens with two attached hydrogens (primary N) is 1. The summed E-state index contributed by atoms with van der Waals surface area (Å²) in [6.45, 7) is 0. The molecule has 0 aliphatic rings. The van der Waals surface area contributed by atoms with Gasteiger partial charge in [-0.3, -0.25) is 0 Å². The maximum Gasteiger partial charge on any atom is 0.418 e. The molecule has 3 nitrogen and oxygen atoms in total. The van der Waals surface area contributed by atoms with Crippen LogP contribution in [0, 0.1) is 11.3 Å². The lowest BCUT2D eigenvalue weighted by molar-refractivity contribution is -0.137. The van der Waals surface area contributed by atoms with Gasteiger partial charge in [0.1, 0.15) is 11.8 Å². The molecule has 1 aromatic heterocycles. The molecule has 2 N–H and O–H groups in total. The van der Waals surface area contributed by atoms with Gasteiger partial charge in [-0.05, 0) is 30.3 Å². The van der Waals surface area contributed by atoms with E-state index in [1.165, 1.54) is 35.0 Å². The summed E-state index contributed by atoms with van der Waals surface area (Å²) in [6, 6.07) is 8.26. The van der Waals surface area contributed by atoms with E-state index in [2.05, 4.69) is 0 Å². The largest absolute Gasteiger partial charge is 0.418 e. The first-order chi connectivity index (χ1) is 8.43. The number of hydrogen-bond donors (Lipinski definition) is 1. The number of nitrogens with zero attached hydrogens (tertiary/aromatic N) is 2.